The molecular weight excluding hydrogens is 660 g/mol. The lowest BCUT2D eigenvalue weighted by Gasteiger charge is -2.27. The number of urea groups is 1. The maximum absolute atomic E-state index is 12.3. The van der Waals surface area contributed by atoms with E-state index in [0.29, 0.717) is 18.1 Å². The summed E-state index contributed by atoms with van der Waals surface area (Å²) in [5.41, 5.74) is 8.06. The van der Waals surface area contributed by atoms with E-state index in [4.69, 9.17) is 35.1 Å². The Labute approximate surface area is 266 Å². The Morgan fingerprint density at radius 3 is 2.06 bits per heavy atom. The molecular formula is C29H27F6N5O8. The van der Waals surface area contributed by atoms with Gasteiger partial charge in [-0.25, -0.2) is 14.4 Å². The molecule has 0 radical (unpaired) electrons. The van der Waals surface area contributed by atoms with Gasteiger partial charge in [0.25, 0.3) is 5.91 Å². The van der Waals surface area contributed by atoms with Gasteiger partial charge in [0.05, 0.1) is 11.2 Å². The Morgan fingerprint density at radius 1 is 1.00 bits per heavy atom. The Morgan fingerprint density at radius 2 is 1.56 bits per heavy atom. The van der Waals surface area contributed by atoms with Crippen molar-refractivity contribution in [2.24, 2.45) is 10.9 Å². The van der Waals surface area contributed by atoms with Gasteiger partial charge in [-0.1, -0.05) is 35.5 Å². The molecule has 48 heavy (non-hydrogen) atoms. The summed E-state index contributed by atoms with van der Waals surface area (Å²) < 4.78 is 69.5. The molecule has 2 unspecified atom stereocenters. The average molecular weight is 688 g/mol. The summed E-state index contributed by atoms with van der Waals surface area (Å²) in [6.45, 7) is 4.12. The maximum atomic E-state index is 12.3. The van der Waals surface area contributed by atoms with Crippen LogP contribution in [0.1, 0.15) is 30.2 Å². The van der Waals surface area contributed by atoms with Gasteiger partial charge in [-0.15, -0.1) is 0 Å². The van der Waals surface area contributed by atoms with Crippen molar-refractivity contribution in [1.29, 1.82) is 0 Å². The number of carboxylic acid groups (broad SMARTS) is 2. The molecule has 0 bridgehead atoms. The van der Waals surface area contributed by atoms with Crippen molar-refractivity contribution in [1.82, 2.24) is 15.6 Å². The van der Waals surface area contributed by atoms with E-state index in [2.05, 4.69) is 20.8 Å². The molecule has 1 fully saturated rings. The molecule has 2 aliphatic rings. The molecule has 3 amide bonds. The number of nitrogens with one attached hydrogen (secondary N) is 2. The van der Waals surface area contributed by atoms with Crippen LogP contribution in [0, 0.1) is 6.92 Å². The second-order valence-electron chi connectivity index (χ2n) is 10.4. The number of aromatic nitrogens is 1. The summed E-state index contributed by atoms with van der Waals surface area (Å²) in [6, 6.07) is 16.9. The minimum atomic E-state index is -5.08. The number of fused-ring (bicyclic) bond motifs is 1. The van der Waals surface area contributed by atoms with Gasteiger partial charge in [0, 0.05) is 35.2 Å². The van der Waals surface area contributed by atoms with Crippen LogP contribution in [0.15, 0.2) is 59.8 Å². The SMILES string of the molecule is Cc1cc(COc2ccc(C3(CN)CC(C4(C)NC(=O)NC4=O)=NO3)cc2)c2ccccc2n1.O=C(O)C(F)(F)F.O=C(O)C(F)(F)F. The van der Waals surface area contributed by atoms with Crippen LogP contribution in [0.5, 0.6) is 5.75 Å². The molecule has 0 aliphatic carbocycles. The number of carbonyl (C=O) groups is 4. The lowest BCUT2D eigenvalue weighted by Crippen LogP contribution is -2.51. The Bertz CT molecular complexity index is 1710. The fourth-order valence-corrected chi connectivity index (χ4v) is 4.40. The number of hydrogen-bond acceptors (Lipinski definition) is 9. The van der Waals surface area contributed by atoms with E-state index in [0.717, 1.165) is 27.7 Å². The molecule has 2 aromatic carbocycles. The summed E-state index contributed by atoms with van der Waals surface area (Å²) >= 11 is 0. The summed E-state index contributed by atoms with van der Waals surface area (Å²) in [6.07, 6.45) is -9.89. The monoisotopic (exact) mass is 687 g/mol. The molecule has 6 N–H and O–H groups in total. The van der Waals surface area contributed by atoms with Gasteiger partial charge in [0.1, 0.15) is 12.4 Å². The van der Waals surface area contributed by atoms with Crippen LogP contribution in [0.3, 0.4) is 0 Å². The number of ether oxygens (including phenoxy) is 1. The number of carbonyl (C=O) groups excluding carboxylic acids is 2. The number of alkyl halides is 6. The Kier molecular flexibility index (Phi) is 10.9. The number of pyridine rings is 1. The van der Waals surface area contributed by atoms with Gasteiger partial charge in [-0.05, 0) is 38.1 Å². The first-order valence-electron chi connectivity index (χ1n) is 13.5. The van der Waals surface area contributed by atoms with E-state index in [1.54, 1.807) is 6.92 Å². The van der Waals surface area contributed by atoms with Crippen LogP contribution in [0.25, 0.3) is 10.9 Å². The maximum Gasteiger partial charge on any atom is 0.490 e. The van der Waals surface area contributed by atoms with Crippen molar-refractivity contribution in [3.63, 3.8) is 0 Å². The van der Waals surface area contributed by atoms with E-state index in [-0.39, 0.29) is 13.0 Å². The third kappa shape index (κ3) is 8.66. The molecule has 0 saturated carbocycles. The lowest BCUT2D eigenvalue weighted by atomic mass is 9.83. The van der Waals surface area contributed by atoms with Crippen molar-refractivity contribution in [3.05, 3.63) is 71.4 Å². The number of aliphatic carboxylic acids is 2. The Balaban J connectivity index is 0.000000376. The molecule has 2 atom stereocenters. The summed E-state index contributed by atoms with van der Waals surface area (Å²) in [5, 5.41) is 24.3. The molecule has 5 rings (SSSR count). The van der Waals surface area contributed by atoms with Crippen molar-refractivity contribution in [2.45, 2.75) is 50.4 Å². The van der Waals surface area contributed by atoms with Crippen LogP contribution in [0.4, 0.5) is 31.1 Å². The van der Waals surface area contributed by atoms with Crippen molar-refractivity contribution >= 4 is 40.5 Å². The number of nitrogens with two attached hydrogens (primary N) is 1. The number of hydrogen-bond donors (Lipinski definition) is 5. The van der Waals surface area contributed by atoms with E-state index >= 15 is 0 Å². The first-order chi connectivity index (χ1) is 22.2. The number of amides is 3. The molecule has 258 valence electrons. The standard InChI is InChI=1S/C25H25N5O4.2C2HF3O2/c1-15-11-16(19-5-3-4-6-20(19)27-15)13-33-18-9-7-17(8-10-18)25(14-26)12-21(30-34-25)24(2)22(31)28-23(32)29-24;2*3-2(4,5)1(6)7/h3-11H,12-14,26H2,1-2H3,(H2,28,29,31,32);2*(H,6,7). The number of nitrogens with zero attached hydrogens (tertiary/aromatic N) is 2. The smallest absolute Gasteiger partial charge is 0.489 e. The van der Waals surface area contributed by atoms with Crippen molar-refractivity contribution < 1.29 is 65.3 Å². The van der Waals surface area contributed by atoms with Crippen LogP contribution >= 0.6 is 0 Å². The molecule has 13 nitrogen and oxygen atoms in total. The minimum Gasteiger partial charge on any atom is -0.489 e. The Hall–Kier alpha value is -5.46. The highest BCUT2D eigenvalue weighted by atomic mass is 19.4. The number of benzene rings is 2. The van der Waals surface area contributed by atoms with Gasteiger partial charge in [0.15, 0.2) is 11.1 Å². The predicted molar refractivity (Wildman–Crippen MR) is 154 cm³/mol. The summed E-state index contributed by atoms with van der Waals surface area (Å²) in [7, 11) is 0. The van der Waals surface area contributed by atoms with Gasteiger partial charge >= 0.3 is 30.3 Å². The van der Waals surface area contributed by atoms with Crippen LogP contribution in [0.2, 0.25) is 0 Å². The third-order valence-electron chi connectivity index (χ3n) is 6.92. The first kappa shape index (κ1) is 37.0. The van der Waals surface area contributed by atoms with Gasteiger partial charge < -0.3 is 30.8 Å². The fraction of sp³-hybridized carbons (Fsp3) is 0.310. The zero-order valence-electron chi connectivity index (χ0n) is 24.9. The van der Waals surface area contributed by atoms with Gasteiger partial charge in [0.2, 0.25) is 0 Å². The molecule has 1 aromatic heterocycles. The topological polar surface area (TPSA) is 203 Å². The lowest BCUT2D eigenvalue weighted by molar-refractivity contribution is -0.193. The van der Waals surface area contributed by atoms with Crippen molar-refractivity contribution in [2.75, 3.05) is 6.54 Å². The molecule has 1 saturated heterocycles. The van der Waals surface area contributed by atoms with Crippen molar-refractivity contribution in [3.8, 4) is 5.75 Å². The number of carboxylic acids is 2. The second kappa shape index (κ2) is 14.1. The molecule has 3 aromatic rings. The third-order valence-corrected chi connectivity index (χ3v) is 6.92. The van der Waals surface area contributed by atoms with E-state index in [1.165, 1.54) is 0 Å². The highest BCUT2D eigenvalue weighted by Crippen LogP contribution is 2.38. The number of rotatable bonds is 6. The number of halogens is 6. The number of oxime groups is 1. The normalized spacial score (nSPS) is 20.2. The largest absolute Gasteiger partial charge is 0.490 e. The second-order valence-corrected chi connectivity index (χ2v) is 10.4. The number of imide groups is 1. The van der Waals surface area contributed by atoms with Crippen LogP contribution in [-0.2, 0) is 31.4 Å². The zero-order chi connectivity index (χ0) is 36.1. The molecule has 3 heterocycles. The number of aryl methyl sites for hydroxylation is 1. The average Bonchev–Trinajstić information content (AvgIpc) is 3.57. The minimum absolute atomic E-state index is 0.147. The quantitative estimate of drug-likeness (QED) is 0.187. The van der Waals surface area contributed by atoms with E-state index in [1.807, 2.05) is 61.5 Å². The fourth-order valence-electron chi connectivity index (χ4n) is 4.40. The first-order valence-corrected chi connectivity index (χ1v) is 13.5. The van der Waals surface area contributed by atoms with E-state index < -0.39 is 47.4 Å². The van der Waals surface area contributed by atoms with Gasteiger partial charge in [-0.3, -0.25) is 15.1 Å². The highest BCUT2D eigenvalue weighted by Gasteiger charge is 2.53. The zero-order valence-corrected chi connectivity index (χ0v) is 24.9. The van der Waals surface area contributed by atoms with Crippen LogP contribution in [-0.4, -0.2) is 69.2 Å². The van der Waals surface area contributed by atoms with Crippen LogP contribution < -0.4 is 21.1 Å². The van der Waals surface area contributed by atoms with Gasteiger partial charge in [-0.2, -0.15) is 26.3 Å². The molecule has 0 spiro atoms. The predicted octanol–water partition coefficient (Wildman–Crippen LogP) is 3.92. The molecule has 19 heteroatoms. The summed E-state index contributed by atoms with van der Waals surface area (Å²) in [4.78, 5) is 52.0. The number of para-hydroxylation sites is 1. The van der Waals surface area contributed by atoms with E-state index in [9.17, 15) is 35.9 Å². The molecule has 2 aliphatic heterocycles. The highest BCUT2D eigenvalue weighted by molar-refractivity contribution is 6.22. The summed E-state index contributed by atoms with van der Waals surface area (Å²) in [5.74, 6) is -5.28.